The van der Waals surface area contributed by atoms with Crippen LogP contribution in [0.25, 0.3) is 0 Å². The fraction of sp³-hybridized carbons (Fsp3) is 0.700. The van der Waals surface area contributed by atoms with Crippen LogP contribution in [0.15, 0.2) is 11.6 Å². The largest absolute Gasteiger partial charge is 0.285 e. The third-order valence-electron chi connectivity index (χ3n) is 2.12. The number of carbonyl (C=O) groups excluding carboxylic acids is 1. The van der Waals surface area contributed by atoms with E-state index < -0.39 is 0 Å². The van der Waals surface area contributed by atoms with Gasteiger partial charge in [0.15, 0.2) is 0 Å². The maximum Gasteiger partial charge on any atom is 0.208 e. The van der Waals surface area contributed by atoms with Crippen molar-refractivity contribution in [3.63, 3.8) is 0 Å². The Hall–Kier alpha value is -0.300. The lowest BCUT2D eigenvalue weighted by molar-refractivity contribution is 0.569. The van der Waals surface area contributed by atoms with Crippen LogP contribution in [0.3, 0.4) is 0 Å². The van der Waals surface area contributed by atoms with Crippen molar-refractivity contribution in [2.45, 2.75) is 34.1 Å². The van der Waals surface area contributed by atoms with E-state index in [1.165, 1.54) is 12.0 Å². The van der Waals surface area contributed by atoms with Gasteiger partial charge in [-0.05, 0) is 43.2 Å². The number of halogens is 1. The Kier molecular flexibility index (Phi) is 4.54. The summed E-state index contributed by atoms with van der Waals surface area (Å²) in [5.74, 6) is 1.10. The average Bonchev–Trinajstić information content (AvgIpc) is 2.39. The second-order valence-electron chi connectivity index (χ2n) is 4.13. The molecule has 0 aromatic rings. The number of allylic oxidation sites excluding steroid dienone is 2. The number of hydrogen-bond acceptors (Lipinski definition) is 1. The van der Waals surface area contributed by atoms with Gasteiger partial charge in [-0.1, -0.05) is 25.5 Å². The second-order valence-corrected chi connectivity index (χ2v) is 4.31. The second kappa shape index (κ2) is 4.66. The van der Waals surface area contributed by atoms with Crippen molar-refractivity contribution in [3.05, 3.63) is 11.6 Å². The van der Waals surface area contributed by atoms with Gasteiger partial charge in [0.1, 0.15) is 0 Å². The topological polar surface area (TPSA) is 17.1 Å². The molecule has 1 nitrogen and oxygen atoms in total. The Morgan fingerprint density at radius 1 is 1.50 bits per heavy atom. The fourth-order valence-electron chi connectivity index (χ4n) is 1.19. The van der Waals surface area contributed by atoms with Gasteiger partial charge in [0.2, 0.25) is 5.75 Å². The van der Waals surface area contributed by atoms with Crippen molar-refractivity contribution in [1.82, 2.24) is 0 Å². The van der Waals surface area contributed by atoms with Crippen molar-refractivity contribution in [2.24, 2.45) is 11.3 Å². The molecule has 1 aliphatic carbocycles. The van der Waals surface area contributed by atoms with Crippen LogP contribution in [0.5, 0.6) is 0 Å². The van der Waals surface area contributed by atoms with Gasteiger partial charge in [0.05, 0.1) is 0 Å². The first-order valence-corrected chi connectivity index (χ1v) is 4.56. The molecule has 1 fully saturated rings. The molecule has 0 radical (unpaired) electrons. The van der Waals surface area contributed by atoms with Crippen molar-refractivity contribution in [1.29, 1.82) is 0 Å². The molecule has 1 aliphatic rings. The first-order valence-electron chi connectivity index (χ1n) is 4.13. The molecule has 1 unspecified atom stereocenters. The van der Waals surface area contributed by atoms with E-state index in [2.05, 4.69) is 45.4 Å². The summed E-state index contributed by atoms with van der Waals surface area (Å²) in [6.45, 7) is 9.01. The molecule has 0 amide bonds. The van der Waals surface area contributed by atoms with E-state index in [0.29, 0.717) is 5.41 Å². The minimum Gasteiger partial charge on any atom is -0.285 e. The van der Waals surface area contributed by atoms with Gasteiger partial charge in [-0.2, -0.15) is 0 Å². The molecule has 0 aromatic heterocycles. The molecule has 1 atom stereocenters. The molecule has 0 aliphatic heterocycles. The number of hydrogen-bond donors (Lipinski definition) is 0. The molecular weight excluding hydrogens is 172 g/mol. The van der Waals surface area contributed by atoms with E-state index in [9.17, 15) is 0 Å². The molecule has 2 heteroatoms. The van der Waals surface area contributed by atoms with Gasteiger partial charge < -0.3 is 0 Å². The highest BCUT2D eigenvalue weighted by molar-refractivity contribution is 6.54. The summed E-state index contributed by atoms with van der Waals surface area (Å²) >= 11 is 4.32. The lowest BCUT2D eigenvalue weighted by Gasteiger charge is -1.96. The maximum atomic E-state index is 8.57. The van der Waals surface area contributed by atoms with Gasteiger partial charge in [0, 0.05) is 0 Å². The fourth-order valence-corrected chi connectivity index (χ4v) is 1.19. The predicted molar refractivity (Wildman–Crippen MR) is 53.9 cm³/mol. The molecule has 0 heterocycles. The highest BCUT2D eigenvalue weighted by Gasteiger charge is 2.43. The first kappa shape index (κ1) is 11.7. The van der Waals surface area contributed by atoms with Crippen LogP contribution in [-0.2, 0) is 4.79 Å². The quantitative estimate of drug-likeness (QED) is 0.350. The van der Waals surface area contributed by atoms with Gasteiger partial charge in [-0.15, -0.1) is 0 Å². The smallest absolute Gasteiger partial charge is 0.208 e. The van der Waals surface area contributed by atoms with Crippen LogP contribution in [0, 0.1) is 11.3 Å². The zero-order valence-corrected chi connectivity index (χ0v) is 8.98. The van der Waals surface area contributed by atoms with E-state index in [0.717, 1.165) is 5.92 Å². The highest BCUT2D eigenvalue weighted by atomic mass is 35.5. The average molecular weight is 189 g/mol. The van der Waals surface area contributed by atoms with E-state index in [-0.39, 0.29) is 5.75 Å². The third-order valence-corrected chi connectivity index (χ3v) is 2.12. The summed E-state index contributed by atoms with van der Waals surface area (Å²) in [7, 11) is 0. The Labute approximate surface area is 79.8 Å². The summed E-state index contributed by atoms with van der Waals surface area (Å²) in [4.78, 5) is 8.57. The SMILES string of the molecule is CC(C)=CC1CC1(C)C.O=CCl. The van der Waals surface area contributed by atoms with Crippen molar-refractivity contribution < 1.29 is 4.79 Å². The monoisotopic (exact) mass is 188 g/mol. The van der Waals surface area contributed by atoms with Crippen LogP contribution >= 0.6 is 11.6 Å². The van der Waals surface area contributed by atoms with Crippen LogP contribution in [0.2, 0.25) is 0 Å². The molecule has 1 saturated carbocycles. The van der Waals surface area contributed by atoms with Gasteiger partial charge in [-0.3, -0.25) is 4.79 Å². The zero-order valence-electron chi connectivity index (χ0n) is 8.23. The van der Waals surface area contributed by atoms with Crippen molar-refractivity contribution >= 4 is 17.3 Å². The minimum atomic E-state index is 0.222. The molecule has 0 bridgehead atoms. The number of carbonyl (C=O) groups is 1. The van der Waals surface area contributed by atoms with Crippen molar-refractivity contribution in [2.75, 3.05) is 0 Å². The van der Waals surface area contributed by atoms with Crippen LogP contribution in [0.1, 0.15) is 34.1 Å². The minimum absolute atomic E-state index is 0.222. The molecule has 0 saturated heterocycles. The van der Waals surface area contributed by atoms with Gasteiger partial charge >= 0.3 is 0 Å². The molecule has 70 valence electrons. The first-order chi connectivity index (χ1) is 5.44. The van der Waals surface area contributed by atoms with E-state index in [1.54, 1.807) is 0 Å². The molecule has 12 heavy (non-hydrogen) atoms. The molecule has 0 spiro atoms. The Balaban J connectivity index is 0.000000354. The summed E-state index contributed by atoms with van der Waals surface area (Å²) in [6.07, 6.45) is 3.78. The Morgan fingerprint density at radius 3 is 1.92 bits per heavy atom. The lowest BCUT2D eigenvalue weighted by Crippen LogP contribution is -1.86. The third kappa shape index (κ3) is 4.55. The van der Waals surface area contributed by atoms with Gasteiger partial charge in [-0.25, -0.2) is 0 Å². The Morgan fingerprint density at radius 2 is 1.83 bits per heavy atom. The maximum absolute atomic E-state index is 8.57. The van der Waals surface area contributed by atoms with Gasteiger partial charge in [0.25, 0.3) is 0 Å². The number of rotatable bonds is 1. The normalized spacial score (nSPS) is 23.2. The van der Waals surface area contributed by atoms with Crippen LogP contribution in [-0.4, -0.2) is 5.75 Å². The lowest BCUT2D eigenvalue weighted by atomic mass is 10.1. The van der Waals surface area contributed by atoms with E-state index >= 15 is 0 Å². The Bertz CT molecular complexity index is 178. The van der Waals surface area contributed by atoms with Crippen LogP contribution in [0.4, 0.5) is 0 Å². The molecule has 1 rings (SSSR count). The highest BCUT2D eigenvalue weighted by Crippen LogP contribution is 2.52. The van der Waals surface area contributed by atoms with Crippen molar-refractivity contribution in [3.8, 4) is 0 Å². The molecule has 0 aromatic carbocycles. The van der Waals surface area contributed by atoms with Crippen LogP contribution < -0.4 is 0 Å². The molecule has 0 N–H and O–H groups in total. The molecular formula is C10H17ClO. The van der Waals surface area contributed by atoms with E-state index in [4.69, 9.17) is 4.79 Å². The standard InChI is InChI=1S/C9H16.CHClO/c1-7(2)5-8-6-9(8,3)4;2-1-3/h5,8H,6H2,1-4H3;1H. The zero-order chi connectivity index (χ0) is 9.78. The van der Waals surface area contributed by atoms with E-state index in [1.807, 2.05) is 0 Å². The summed E-state index contributed by atoms with van der Waals surface area (Å²) in [5.41, 5.74) is 2.09. The predicted octanol–water partition coefficient (Wildman–Crippen LogP) is 3.41. The summed E-state index contributed by atoms with van der Waals surface area (Å²) in [6, 6.07) is 0. The summed E-state index contributed by atoms with van der Waals surface area (Å²) in [5, 5.41) is 0. The summed E-state index contributed by atoms with van der Waals surface area (Å²) < 4.78 is 0.